The molecule has 25 heavy (non-hydrogen) atoms. The molecule has 2 aromatic rings. The zero-order chi connectivity index (χ0) is 17.6. The van der Waals surface area contributed by atoms with Crippen LogP contribution in [0.2, 0.25) is 0 Å². The van der Waals surface area contributed by atoms with Gasteiger partial charge in [-0.05, 0) is 45.1 Å². The van der Waals surface area contributed by atoms with Crippen molar-refractivity contribution in [2.24, 2.45) is 5.92 Å². The molecule has 0 aromatic carbocycles. The Morgan fingerprint density at radius 3 is 2.72 bits per heavy atom. The number of fused-ring (bicyclic) bond motifs is 1. The molecule has 0 spiro atoms. The third-order valence-corrected chi connectivity index (χ3v) is 6.98. The minimum atomic E-state index is -0.0407. The fourth-order valence-electron chi connectivity index (χ4n) is 4.30. The molecular weight excluding hydrogens is 334 g/mol. The predicted molar refractivity (Wildman–Crippen MR) is 100 cm³/mol. The average molecular weight is 359 g/mol. The first-order valence-electron chi connectivity index (χ1n) is 9.33. The van der Waals surface area contributed by atoms with E-state index >= 15 is 0 Å². The van der Waals surface area contributed by atoms with Gasteiger partial charge in [0.15, 0.2) is 0 Å². The van der Waals surface area contributed by atoms with Crippen molar-refractivity contribution in [2.75, 3.05) is 13.1 Å². The summed E-state index contributed by atoms with van der Waals surface area (Å²) in [4.78, 5) is 37.0. The summed E-state index contributed by atoms with van der Waals surface area (Å²) in [5.74, 6) is 1.42. The molecule has 5 nitrogen and oxygen atoms in total. The molecule has 1 N–H and O–H groups in total. The SMILES string of the molecule is Cc1sc2nc([C@@H]3CCCN(C(=O)C4CCCC4)C3)[nH]c(=O)c2c1C. The van der Waals surface area contributed by atoms with Gasteiger partial charge >= 0.3 is 0 Å². The van der Waals surface area contributed by atoms with Gasteiger partial charge in [0, 0.05) is 29.8 Å². The maximum absolute atomic E-state index is 12.7. The van der Waals surface area contributed by atoms with E-state index in [0.29, 0.717) is 12.5 Å². The van der Waals surface area contributed by atoms with Crippen molar-refractivity contribution in [3.8, 4) is 0 Å². The molecule has 4 rings (SSSR count). The standard InChI is InChI=1S/C19H25N3O2S/c1-11-12(2)25-18-15(11)17(23)20-16(21-18)14-8-5-9-22(10-14)19(24)13-6-3-4-7-13/h13-14H,3-10H2,1-2H3,(H,20,21,23)/t14-/m1/s1. The van der Waals surface area contributed by atoms with E-state index in [-0.39, 0.29) is 17.4 Å². The lowest BCUT2D eigenvalue weighted by Crippen LogP contribution is -2.42. The number of carbonyl (C=O) groups excluding carboxylic acids is 1. The largest absolute Gasteiger partial charge is 0.342 e. The molecule has 1 aliphatic carbocycles. The van der Waals surface area contributed by atoms with E-state index in [0.717, 1.165) is 58.7 Å². The Kier molecular flexibility index (Phi) is 4.40. The fourth-order valence-corrected chi connectivity index (χ4v) is 5.33. The minimum Gasteiger partial charge on any atom is -0.342 e. The summed E-state index contributed by atoms with van der Waals surface area (Å²) in [6.45, 7) is 5.54. The van der Waals surface area contributed by atoms with E-state index in [1.165, 1.54) is 12.8 Å². The van der Waals surface area contributed by atoms with E-state index in [2.05, 4.69) is 4.98 Å². The molecule has 1 saturated heterocycles. The number of aryl methyl sites for hydroxylation is 2. The molecule has 2 aliphatic rings. The summed E-state index contributed by atoms with van der Waals surface area (Å²) in [7, 11) is 0. The highest BCUT2D eigenvalue weighted by Gasteiger charge is 2.32. The highest BCUT2D eigenvalue weighted by molar-refractivity contribution is 7.18. The Labute approximate surface area is 151 Å². The van der Waals surface area contributed by atoms with E-state index < -0.39 is 0 Å². The van der Waals surface area contributed by atoms with Crippen molar-refractivity contribution in [3.63, 3.8) is 0 Å². The summed E-state index contributed by atoms with van der Waals surface area (Å²) >= 11 is 1.59. The minimum absolute atomic E-state index is 0.0407. The number of aromatic nitrogens is 2. The van der Waals surface area contributed by atoms with Crippen molar-refractivity contribution < 1.29 is 4.79 Å². The van der Waals surface area contributed by atoms with Crippen LogP contribution in [0.4, 0.5) is 0 Å². The quantitative estimate of drug-likeness (QED) is 0.892. The zero-order valence-corrected chi connectivity index (χ0v) is 15.7. The number of nitrogens with zero attached hydrogens (tertiary/aromatic N) is 2. The van der Waals surface area contributed by atoms with Gasteiger partial charge in [-0.3, -0.25) is 9.59 Å². The van der Waals surface area contributed by atoms with Gasteiger partial charge in [0.05, 0.1) is 5.39 Å². The van der Waals surface area contributed by atoms with Crippen LogP contribution in [0, 0.1) is 19.8 Å². The molecule has 3 heterocycles. The highest BCUT2D eigenvalue weighted by Crippen LogP contribution is 2.32. The third kappa shape index (κ3) is 3.01. The average Bonchev–Trinajstić information content (AvgIpc) is 3.23. The van der Waals surface area contributed by atoms with Crippen LogP contribution >= 0.6 is 11.3 Å². The molecular formula is C19H25N3O2S. The van der Waals surface area contributed by atoms with Gasteiger partial charge in [0.2, 0.25) is 5.91 Å². The first-order chi connectivity index (χ1) is 12.0. The number of likely N-dealkylation sites (tertiary alicyclic amines) is 1. The number of amides is 1. The van der Waals surface area contributed by atoms with Gasteiger partial charge < -0.3 is 9.88 Å². The van der Waals surface area contributed by atoms with Gasteiger partial charge in [0.1, 0.15) is 10.7 Å². The molecule has 1 saturated carbocycles. The number of hydrogen-bond acceptors (Lipinski definition) is 4. The maximum atomic E-state index is 12.7. The van der Waals surface area contributed by atoms with Crippen molar-refractivity contribution in [3.05, 3.63) is 26.6 Å². The molecule has 6 heteroatoms. The molecule has 1 aliphatic heterocycles. The van der Waals surface area contributed by atoms with E-state index in [1.807, 2.05) is 18.7 Å². The number of rotatable bonds is 2. The first-order valence-corrected chi connectivity index (χ1v) is 10.1. The van der Waals surface area contributed by atoms with Crippen molar-refractivity contribution in [1.29, 1.82) is 0 Å². The number of thiophene rings is 1. The molecule has 1 amide bonds. The molecule has 2 fully saturated rings. The van der Waals surface area contributed by atoms with Gasteiger partial charge in [-0.2, -0.15) is 0 Å². The Bertz CT molecular complexity index is 863. The number of hydrogen-bond donors (Lipinski definition) is 1. The second kappa shape index (κ2) is 6.56. The van der Waals surface area contributed by atoms with Crippen molar-refractivity contribution in [1.82, 2.24) is 14.9 Å². The number of H-pyrrole nitrogens is 1. The van der Waals surface area contributed by atoms with Crippen LogP contribution < -0.4 is 5.56 Å². The van der Waals surface area contributed by atoms with Crippen molar-refractivity contribution >= 4 is 27.5 Å². The second-order valence-corrected chi connectivity index (χ2v) is 8.72. The first kappa shape index (κ1) is 16.8. The number of piperidine rings is 1. The van der Waals surface area contributed by atoms with Gasteiger partial charge in [-0.1, -0.05) is 12.8 Å². The van der Waals surface area contributed by atoms with Crippen LogP contribution in [-0.4, -0.2) is 33.9 Å². The number of nitrogens with one attached hydrogen (secondary N) is 1. The van der Waals surface area contributed by atoms with E-state index in [1.54, 1.807) is 11.3 Å². The van der Waals surface area contributed by atoms with Crippen molar-refractivity contribution in [2.45, 2.75) is 58.3 Å². The van der Waals surface area contributed by atoms with E-state index in [9.17, 15) is 9.59 Å². The summed E-state index contributed by atoms with van der Waals surface area (Å²) < 4.78 is 0. The molecule has 0 radical (unpaired) electrons. The third-order valence-electron chi connectivity index (χ3n) is 5.88. The summed E-state index contributed by atoms with van der Waals surface area (Å²) in [5, 5.41) is 0.723. The van der Waals surface area contributed by atoms with E-state index in [4.69, 9.17) is 4.98 Å². The molecule has 2 aromatic heterocycles. The van der Waals surface area contributed by atoms with Crippen LogP contribution in [0.25, 0.3) is 10.2 Å². The summed E-state index contributed by atoms with van der Waals surface area (Å²) in [6.07, 6.45) is 6.38. The Balaban J connectivity index is 1.60. The van der Waals surface area contributed by atoms with Crippen LogP contribution in [0.1, 0.15) is 60.7 Å². The number of carbonyl (C=O) groups is 1. The van der Waals surface area contributed by atoms with Crippen LogP contribution in [0.3, 0.4) is 0 Å². The maximum Gasteiger partial charge on any atom is 0.259 e. The lowest BCUT2D eigenvalue weighted by atomic mass is 9.95. The van der Waals surface area contributed by atoms with Gasteiger partial charge in [-0.25, -0.2) is 4.98 Å². The second-order valence-electron chi connectivity index (χ2n) is 7.52. The van der Waals surface area contributed by atoms with Gasteiger partial charge in [0.25, 0.3) is 5.56 Å². The lowest BCUT2D eigenvalue weighted by molar-refractivity contribution is -0.136. The Morgan fingerprint density at radius 1 is 1.20 bits per heavy atom. The molecule has 0 bridgehead atoms. The normalized spacial score (nSPS) is 22.0. The monoisotopic (exact) mass is 359 g/mol. The molecule has 134 valence electrons. The van der Waals surface area contributed by atoms with Gasteiger partial charge in [-0.15, -0.1) is 11.3 Å². The van der Waals surface area contributed by atoms with Crippen LogP contribution in [0.5, 0.6) is 0 Å². The predicted octanol–water partition coefficient (Wildman–Crippen LogP) is 3.50. The zero-order valence-electron chi connectivity index (χ0n) is 14.9. The fraction of sp³-hybridized carbons (Fsp3) is 0.632. The molecule has 1 atom stereocenters. The Hall–Kier alpha value is -1.69. The van der Waals surface area contributed by atoms with Crippen LogP contribution in [-0.2, 0) is 4.79 Å². The highest BCUT2D eigenvalue weighted by atomic mass is 32.1. The summed E-state index contributed by atoms with van der Waals surface area (Å²) in [5.41, 5.74) is 0.989. The van der Waals surface area contributed by atoms with Crippen LogP contribution in [0.15, 0.2) is 4.79 Å². The molecule has 0 unspecified atom stereocenters. The lowest BCUT2D eigenvalue weighted by Gasteiger charge is -2.33. The smallest absolute Gasteiger partial charge is 0.259 e. The summed E-state index contributed by atoms with van der Waals surface area (Å²) in [6, 6.07) is 0. The Morgan fingerprint density at radius 2 is 1.96 bits per heavy atom. The topological polar surface area (TPSA) is 66.1 Å². The number of aromatic amines is 1.